The predicted molar refractivity (Wildman–Crippen MR) is 90.9 cm³/mol. The van der Waals surface area contributed by atoms with E-state index in [4.69, 9.17) is 4.74 Å². The summed E-state index contributed by atoms with van der Waals surface area (Å²) >= 11 is 0. The van der Waals surface area contributed by atoms with Crippen LogP contribution < -0.4 is 10.1 Å². The number of nitrogens with one attached hydrogen (secondary N) is 1. The van der Waals surface area contributed by atoms with Crippen LogP contribution in [0.4, 0.5) is 4.39 Å². The van der Waals surface area contributed by atoms with Crippen molar-refractivity contribution in [3.05, 3.63) is 71.6 Å². The summed E-state index contributed by atoms with van der Waals surface area (Å²) in [6, 6.07) is 13.5. The van der Waals surface area contributed by atoms with E-state index in [0.717, 1.165) is 11.3 Å². The highest BCUT2D eigenvalue weighted by atomic mass is 19.1. The normalized spacial score (nSPS) is 13.9. The van der Waals surface area contributed by atoms with E-state index in [2.05, 4.69) is 5.32 Å². The van der Waals surface area contributed by atoms with E-state index in [1.165, 1.54) is 12.1 Å². The number of benzene rings is 2. The molecule has 0 aliphatic heterocycles. The van der Waals surface area contributed by atoms with E-state index in [0.29, 0.717) is 12.1 Å². The van der Waals surface area contributed by atoms with Gasteiger partial charge in [0.05, 0.1) is 13.2 Å². The Balaban J connectivity index is 1.87. The zero-order valence-electron chi connectivity index (χ0n) is 13.4. The van der Waals surface area contributed by atoms with Crippen LogP contribution in [0.1, 0.15) is 24.2 Å². The number of rotatable bonds is 7. The highest BCUT2D eigenvalue weighted by Gasteiger charge is 2.15. The molecule has 2 rings (SSSR count). The van der Waals surface area contributed by atoms with E-state index >= 15 is 0 Å². The van der Waals surface area contributed by atoms with Crippen molar-refractivity contribution in [1.29, 1.82) is 0 Å². The van der Waals surface area contributed by atoms with Crippen LogP contribution in [0.3, 0.4) is 0 Å². The summed E-state index contributed by atoms with van der Waals surface area (Å²) in [6.07, 6.45) is 3.27. The van der Waals surface area contributed by atoms with Crippen molar-refractivity contribution in [3.8, 4) is 5.75 Å². The Labute approximate surface area is 136 Å². The van der Waals surface area contributed by atoms with E-state index in [1.54, 1.807) is 19.2 Å². The third kappa shape index (κ3) is 4.91. The van der Waals surface area contributed by atoms with Crippen LogP contribution in [0.2, 0.25) is 0 Å². The molecule has 0 radical (unpaired) electrons. The van der Waals surface area contributed by atoms with Gasteiger partial charge in [0.1, 0.15) is 11.6 Å². The minimum atomic E-state index is -0.685. The van der Waals surface area contributed by atoms with E-state index in [9.17, 15) is 9.50 Å². The Morgan fingerprint density at radius 1 is 1.17 bits per heavy atom. The maximum atomic E-state index is 12.9. The summed E-state index contributed by atoms with van der Waals surface area (Å²) in [5.41, 5.74) is 1.70. The Morgan fingerprint density at radius 2 is 1.87 bits per heavy atom. The monoisotopic (exact) mass is 315 g/mol. The van der Waals surface area contributed by atoms with Crippen molar-refractivity contribution in [2.45, 2.75) is 19.1 Å². The van der Waals surface area contributed by atoms with Crippen molar-refractivity contribution < 1.29 is 14.2 Å². The SMILES string of the molecule is COc1ccccc1C=CCNC(C)C(O)c1ccc(F)cc1. The molecule has 0 aromatic heterocycles. The predicted octanol–water partition coefficient (Wildman–Crippen LogP) is 3.56. The summed E-state index contributed by atoms with van der Waals surface area (Å²) < 4.78 is 18.2. The average molecular weight is 315 g/mol. The molecule has 2 N–H and O–H groups in total. The Hall–Kier alpha value is -2.17. The van der Waals surface area contributed by atoms with Crippen LogP contribution in [-0.4, -0.2) is 24.8 Å². The molecule has 2 atom stereocenters. The molecule has 2 aromatic carbocycles. The van der Waals surface area contributed by atoms with Crippen molar-refractivity contribution in [2.24, 2.45) is 0 Å². The van der Waals surface area contributed by atoms with E-state index < -0.39 is 6.10 Å². The molecular formula is C19H22FNO2. The molecule has 0 saturated carbocycles. The number of hydrogen-bond acceptors (Lipinski definition) is 3. The van der Waals surface area contributed by atoms with Gasteiger partial charge in [-0.15, -0.1) is 0 Å². The van der Waals surface area contributed by atoms with Gasteiger partial charge in [0.15, 0.2) is 0 Å². The second kappa shape index (κ2) is 8.46. The fourth-order valence-electron chi connectivity index (χ4n) is 2.30. The molecule has 0 spiro atoms. The van der Waals surface area contributed by atoms with Crippen LogP contribution in [-0.2, 0) is 0 Å². The summed E-state index contributed by atoms with van der Waals surface area (Å²) in [5, 5.41) is 13.5. The topological polar surface area (TPSA) is 41.5 Å². The van der Waals surface area contributed by atoms with Crippen molar-refractivity contribution in [1.82, 2.24) is 5.32 Å². The fraction of sp³-hybridized carbons (Fsp3) is 0.263. The first-order chi connectivity index (χ1) is 11.1. The first kappa shape index (κ1) is 17.2. The first-order valence-corrected chi connectivity index (χ1v) is 7.58. The summed E-state index contributed by atoms with van der Waals surface area (Å²) in [6.45, 7) is 2.50. The van der Waals surface area contributed by atoms with Gasteiger partial charge in [0.25, 0.3) is 0 Å². The highest BCUT2D eigenvalue weighted by molar-refractivity contribution is 5.57. The molecule has 23 heavy (non-hydrogen) atoms. The van der Waals surface area contributed by atoms with Crippen LogP contribution in [0.5, 0.6) is 5.75 Å². The standard InChI is InChI=1S/C19H22FNO2/c1-14(19(22)16-9-11-17(20)12-10-16)21-13-5-7-15-6-3-4-8-18(15)23-2/h3-12,14,19,21-22H,13H2,1-2H3. The summed E-state index contributed by atoms with van der Waals surface area (Å²) in [5.74, 6) is 0.518. The smallest absolute Gasteiger partial charge is 0.126 e. The van der Waals surface area contributed by atoms with Crippen molar-refractivity contribution >= 4 is 6.08 Å². The maximum absolute atomic E-state index is 12.9. The number of aliphatic hydroxyl groups is 1. The Kier molecular flexibility index (Phi) is 6.32. The molecule has 2 aromatic rings. The van der Waals surface area contributed by atoms with Crippen molar-refractivity contribution in [3.63, 3.8) is 0 Å². The third-order valence-electron chi connectivity index (χ3n) is 3.68. The fourth-order valence-corrected chi connectivity index (χ4v) is 2.30. The number of methoxy groups -OCH3 is 1. The minimum absolute atomic E-state index is 0.150. The van der Waals surface area contributed by atoms with Gasteiger partial charge in [-0.25, -0.2) is 4.39 Å². The zero-order chi connectivity index (χ0) is 16.7. The lowest BCUT2D eigenvalue weighted by atomic mass is 10.0. The van der Waals surface area contributed by atoms with Crippen molar-refractivity contribution in [2.75, 3.05) is 13.7 Å². The molecule has 0 amide bonds. The molecule has 0 fully saturated rings. The molecule has 122 valence electrons. The maximum Gasteiger partial charge on any atom is 0.126 e. The van der Waals surface area contributed by atoms with Gasteiger partial charge in [0, 0.05) is 18.2 Å². The minimum Gasteiger partial charge on any atom is -0.496 e. The summed E-state index contributed by atoms with van der Waals surface area (Å²) in [7, 11) is 1.64. The van der Waals surface area contributed by atoms with Gasteiger partial charge in [-0.2, -0.15) is 0 Å². The number of ether oxygens (including phenoxy) is 1. The van der Waals surface area contributed by atoms with Crippen LogP contribution in [0.15, 0.2) is 54.6 Å². The molecule has 3 nitrogen and oxygen atoms in total. The lowest BCUT2D eigenvalue weighted by molar-refractivity contribution is 0.138. The zero-order valence-corrected chi connectivity index (χ0v) is 13.4. The van der Waals surface area contributed by atoms with Gasteiger partial charge in [-0.3, -0.25) is 0 Å². The lowest BCUT2D eigenvalue weighted by Crippen LogP contribution is -2.32. The van der Waals surface area contributed by atoms with Gasteiger partial charge < -0.3 is 15.2 Å². The van der Waals surface area contributed by atoms with E-state index in [-0.39, 0.29) is 11.9 Å². The molecule has 0 saturated heterocycles. The largest absolute Gasteiger partial charge is 0.496 e. The van der Waals surface area contributed by atoms with Gasteiger partial charge in [-0.05, 0) is 30.7 Å². The second-order valence-electron chi connectivity index (χ2n) is 5.34. The molecular weight excluding hydrogens is 293 g/mol. The van der Waals surface area contributed by atoms with Gasteiger partial charge in [0.2, 0.25) is 0 Å². The highest BCUT2D eigenvalue weighted by Crippen LogP contribution is 2.19. The molecule has 2 unspecified atom stereocenters. The van der Waals surface area contributed by atoms with Crippen LogP contribution in [0.25, 0.3) is 6.08 Å². The van der Waals surface area contributed by atoms with Crippen LogP contribution >= 0.6 is 0 Å². The van der Waals surface area contributed by atoms with Gasteiger partial charge in [-0.1, -0.05) is 42.5 Å². The second-order valence-corrected chi connectivity index (χ2v) is 5.34. The molecule has 0 aliphatic rings. The average Bonchev–Trinajstić information content (AvgIpc) is 2.59. The molecule has 0 aliphatic carbocycles. The van der Waals surface area contributed by atoms with E-state index in [1.807, 2.05) is 43.3 Å². The number of hydrogen-bond donors (Lipinski definition) is 2. The number of para-hydroxylation sites is 1. The molecule has 4 heteroatoms. The quantitative estimate of drug-likeness (QED) is 0.821. The Bertz CT molecular complexity index is 640. The summed E-state index contributed by atoms with van der Waals surface area (Å²) in [4.78, 5) is 0. The molecule has 0 bridgehead atoms. The number of halogens is 1. The third-order valence-corrected chi connectivity index (χ3v) is 3.68. The van der Waals surface area contributed by atoms with Crippen LogP contribution in [0, 0.1) is 5.82 Å². The first-order valence-electron chi connectivity index (χ1n) is 7.58. The van der Waals surface area contributed by atoms with Gasteiger partial charge >= 0.3 is 0 Å². The molecule has 0 heterocycles. The number of aliphatic hydroxyl groups excluding tert-OH is 1. The lowest BCUT2D eigenvalue weighted by Gasteiger charge is -2.20. The Morgan fingerprint density at radius 3 is 2.57 bits per heavy atom.